The highest BCUT2D eigenvalue weighted by Gasteiger charge is 2.44. The van der Waals surface area contributed by atoms with Gasteiger partial charge in [0.15, 0.2) is 0 Å². The number of carbonyl (C=O) groups excluding carboxylic acids is 3. The van der Waals surface area contributed by atoms with Gasteiger partial charge in [-0.1, -0.05) is 51.5 Å². The number of rotatable bonds is 12. The van der Waals surface area contributed by atoms with Crippen molar-refractivity contribution in [3.63, 3.8) is 0 Å². The predicted molar refractivity (Wildman–Crippen MR) is 156 cm³/mol. The van der Waals surface area contributed by atoms with E-state index >= 15 is 0 Å². The number of unbranched alkanes of at least 4 members (excludes halogenated alkanes) is 2. The molecule has 41 heavy (non-hydrogen) atoms. The molecule has 2 aromatic rings. The molecule has 1 aliphatic rings. The molecule has 1 saturated heterocycles. The zero-order valence-electron chi connectivity index (χ0n) is 24.1. The summed E-state index contributed by atoms with van der Waals surface area (Å²) >= 11 is 1.57. The molecule has 1 aliphatic heterocycles. The van der Waals surface area contributed by atoms with Gasteiger partial charge in [-0.2, -0.15) is 0 Å². The molecule has 1 aromatic carbocycles. The van der Waals surface area contributed by atoms with Crippen LogP contribution in [0.4, 0.5) is 4.79 Å². The van der Waals surface area contributed by atoms with E-state index in [1.54, 1.807) is 11.3 Å². The first-order valence-corrected chi connectivity index (χ1v) is 14.8. The Bertz CT molecular complexity index is 1210. The van der Waals surface area contributed by atoms with Gasteiger partial charge in [-0.3, -0.25) is 14.4 Å². The van der Waals surface area contributed by atoms with Crippen LogP contribution in [0, 0.1) is 12.3 Å². The molecule has 4 amide bonds. The lowest BCUT2D eigenvalue weighted by Crippen LogP contribution is -2.57. The predicted octanol–water partition coefficient (Wildman–Crippen LogP) is 3.06. The topological polar surface area (TPSA) is 161 Å². The molecule has 5 N–H and O–H groups in total. The molecule has 0 saturated carbocycles. The summed E-state index contributed by atoms with van der Waals surface area (Å²) in [4.78, 5) is 56.8. The van der Waals surface area contributed by atoms with Crippen LogP contribution in [-0.2, 0) is 20.9 Å². The molecule has 3 rings (SSSR count). The Hall–Kier alpha value is -3.51. The highest BCUT2D eigenvalue weighted by atomic mass is 32.1. The molecule has 11 nitrogen and oxygen atoms in total. The zero-order chi connectivity index (χ0) is 30.2. The number of likely N-dealkylation sites (tertiary alicyclic amines) is 1. The number of aromatic nitrogens is 1. The van der Waals surface area contributed by atoms with Gasteiger partial charge in [-0.15, -0.1) is 11.3 Å². The Morgan fingerprint density at radius 3 is 2.41 bits per heavy atom. The lowest BCUT2D eigenvalue weighted by molar-refractivity contribution is -0.144. The number of β-amino-alcohol motifs (C(OH)–C–C–N with tert-alkyl or cyclic N) is 1. The summed E-state index contributed by atoms with van der Waals surface area (Å²) in [5.41, 5.74) is 4.10. The molecule has 0 radical (unpaired) electrons. The van der Waals surface area contributed by atoms with E-state index in [1.807, 2.05) is 57.5 Å². The molecular formula is C29H41N5O6S. The summed E-state index contributed by atoms with van der Waals surface area (Å²) in [7, 11) is 0. The number of hydrogen-bond donors (Lipinski definition) is 5. The second-order valence-corrected chi connectivity index (χ2v) is 12.3. The Labute approximate surface area is 244 Å². The second-order valence-electron chi connectivity index (χ2n) is 11.5. The number of aliphatic hydroxyl groups is 1. The summed E-state index contributed by atoms with van der Waals surface area (Å²) in [6.07, 6.45) is 0.223. The molecule has 1 aromatic heterocycles. The van der Waals surface area contributed by atoms with Crippen LogP contribution < -0.4 is 16.0 Å². The highest BCUT2D eigenvalue weighted by molar-refractivity contribution is 7.13. The smallest absolute Gasteiger partial charge is 0.404 e. The Morgan fingerprint density at radius 1 is 1.10 bits per heavy atom. The maximum atomic E-state index is 13.7. The van der Waals surface area contributed by atoms with Crippen molar-refractivity contribution in [2.45, 2.75) is 84.5 Å². The van der Waals surface area contributed by atoms with Gasteiger partial charge >= 0.3 is 6.09 Å². The molecule has 2 heterocycles. The fourth-order valence-electron chi connectivity index (χ4n) is 4.80. The van der Waals surface area contributed by atoms with Gasteiger partial charge in [0.1, 0.15) is 12.1 Å². The van der Waals surface area contributed by atoms with Crippen molar-refractivity contribution in [1.82, 2.24) is 25.8 Å². The van der Waals surface area contributed by atoms with E-state index < -0.39 is 35.6 Å². The fourth-order valence-corrected chi connectivity index (χ4v) is 5.61. The standard InChI is InChI=1S/C29H41N5O6S/c1-18-24(41-17-32-18)20-11-9-19(10-12-20)15-31-26(37)22-14-21(35)16-34(22)27(38)25(29(2,3)4)33-23(36)8-6-5-7-13-30-28(39)40/h9-12,17,21-22,25,30,35H,5-8,13-16H2,1-4H3,(H,31,37)(H,33,36)(H,39,40)/t21-,22+,25?/m1/s1. The number of carboxylic acid groups (broad SMARTS) is 1. The summed E-state index contributed by atoms with van der Waals surface area (Å²) in [6, 6.07) is 6.12. The third kappa shape index (κ3) is 9.25. The fraction of sp³-hybridized carbons (Fsp3) is 0.552. The van der Waals surface area contributed by atoms with E-state index in [4.69, 9.17) is 5.11 Å². The number of nitrogens with zero attached hydrogens (tertiary/aromatic N) is 2. The van der Waals surface area contributed by atoms with Crippen molar-refractivity contribution in [2.75, 3.05) is 13.1 Å². The van der Waals surface area contributed by atoms with Gasteiger partial charge in [0.2, 0.25) is 17.7 Å². The molecule has 0 spiro atoms. The summed E-state index contributed by atoms with van der Waals surface area (Å²) in [5, 5.41) is 27.0. The van der Waals surface area contributed by atoms with Crippen LogP contribution in [0.5, 0.6) is 0 Å². The maximum Gasteiger partial charge on any atom is 0.404 e. The molecular weight excluding hydrogens is 546 g/mol. The van der Waals surface area contributed by atoms with Crippen molar-refractivity contribution in [2.24, 2.45) is 5.41 Å². The minimum Gasteiger partial charge on any atom is -0.465 e. The van der Waals surface area contributed by atoms with Gasteiger partial charge in [-0.05, 0) is 36.3 Å². The maximum absolute atomic E-state index is 13.7. The number of hydrogen-bond acceptors (Lipinski definition) is 7. The van der Waals surface area contributed by atoms with Crippen molar-refractivity contribution in [3.8, 4) is 10.4 Å². The average molecular weight is 588 g/mol. The minimum atomic E-state index is -1.08. The van der Waals surface area contributed by atoms with E-state index in [-0.39, 0.29) is 37.7 Å². The van der Waals surface area contributed by atoms with Crippen LogP contribution in [0.1, 0.15) is 64.1 Å². The largest absolute Gasteiger partial charge is 0.465 e. The van der Waals surface area contributed by atoms with Crippen LogP contribution in [-0.4, -0.2) is 75.2 Å². The quantitative estimate of drug-likeness (QED) is 0.239. The minimum absolute atomic E-state index is 0.0127. The summed E-state index contributed by atoms with van der Waals surface area (Å²) in [6.45, 7) is 8.09. The van der Waals surface area contributed by atoms with Gasteiger partial charge in [0, 0.05) is 32.5 Å². The lowest BCUT2D eigenvalue weighted by Gasteiger charge is -2.35. The third-order valence-electron chi connectivity index (χ3n) is 7.07. The van der Waals surface area contributed by atoms with Crippen LogP contribution >= 0.6 is 11.3 Å². The molecule has 12 heteroatoms. The van der Waals surface area contributed by atoms with Crippen molar-refractivity contribution in [1.29, 1.82) is 0 Å². The lowest BCUT2D eigenvalue weighted by atomic mass is 9.85. The van der Waals surface area contributed by atoms with Crippen molar-refractivity contribution in [3.05, 3.63) is 41.0 Å². The first kappa shape index (κ1) is 32.0. The third-order valence-corrected chi connectivity index (χ3v) is 8.05. The van der Waals surface area contributed by atoms with E-state index in [9.17, 15) is 24.3 Å². The van der Waals surface area contributed by atoms with Crippen molar-refractivity contribution >= 4 is 35.2 Å². The molecule has 1 unspecified atom stereocenters. The van der Waals surface area contributed by atoms with Gasteiger partial charge in [0.25, 0.3) is 0 Å². The summed E-state index contributed by atoms with van der Waals surface area (Å²) < 4.78 is 0. The van der Waals surface area contributed by atoms with Crippen LogP contribution in [0.2, 0.25) is 0 Å². The van der Waals surface area contributed by atoms with E-state index in [0.29, 0.717) is 25.8 Å². The summed E-state index contributed by atoms with van der Waals surface area (Å²) in [5.74, 6) is -1.05. The molecule has 0 bridgehead atoms. The van der Waals surface area contributed by atoms with Crippen LogP contribution in [0.15, 0.2) is 29.8 Å². The molecule has 3 atom stereocenters. The van der Waals surface area contributed by atoms with Crippen LogP contribution in [0.3, 0.4) is 0 Å². The molecule has 224 valence electrons. The van der Waals surface area contributed by atoms with E-state index in [0.717, 1.165) is 21.7 Å². The Morgan fingerprint density at radius 2 is 1.80 bits per heavy atom. The average Bonchev–Trinajstić information content (AvgIpc) is 3.52. The Kier molecular flexibility index (Phi) is 11.2. The van der Waals surface area contributed by atoms with Gasteiger partial charge < -0.3 is 31.1 Å². The monoisotopic (exact) mass is 587 g/mol. The number of nitrogens with one attached hydrogen (secondary N) is 3. The zero-order valence-corrected chi connectivity index (χ0v) is 24.9. The first-order valence-electron chi connectivity index (χ1n) is 13.9. The number of thiazole rings is 1. The normalized spacial score (nSPS) is 17.6. The van der Waals surface area contributed by atoms with Crippen LogP contribution in [0.25, 0.3) is 10.4 Å². The number of aryl methyl sites for hydroxylation is 1. The second kappa shape index (κ2) is 14.4. The SMILES string of the molecule is Cc1ncsc1-c1ccc(CNC(=O)[C@@H]2C[C@@H](O)CN2C(=O)C(NC(=O)CCCCCNC(=O)O)C(C)(C)C)cc1. The van der Waals surface area contributed by atoms with Crippen molar-refractivity contribution < 1.29 is 29.4 Å². The number of benzene rings is 1. The number of amides is 4. The van der Waals surface area contributed by atoms with E-state index in [2.05, 4.69) is 20.9 Å². The molecule has 1 fully saturated rings. The first-order chi connectivity index (χ1) is 19.4. The van der Waals surface area contributed by atoms with Gasteiger partial charge in [0.05, 0.1) is 22.2 Å². The number of aliphatic hydroxyl groups excluding tert-OH is 1. The van der Waals surface area contributed by atoms with Gasteiger partial charge in [-0.25, -0.2) is 9.78 Å². The Balaban J connectivity index is 1.58. The van der Waals surface area contributed by atoms with E-state index in [1.165, 1.54) is 4.90 Å². The molecule has 0 aliphatic carbocycles. The highest BCUT2D eigenvalue weighted by Crippen LogP contribution is 2.28. The number of carbonyl (C=O) groups is 4.